The Hall–Kier alpha value is -0.610. The fourth-order valence-corrected chi connectivity index (χ4v) is 1.91. The smallest absolute Gasteiger partial charge is 0.234 e. The Balaban J connectivity index is 2.41. The fourth-order valence-electron chi connectivity index (χ4n) is 1.91. The zero-order chi connectivity index (χ0) is 10.6. The lowest BCUT2D eigenvalue weighted by molar-refractivity contribution is -0.125. The first-order valence-electron chi connectivity index (χ1n) is 5.24. The van der Waals surface area contributed by atoms with E-state index in [1.165, 1.54) is 0 Å². The molecule has 1 unspecified atom stereocenters. The Bertz CT molecular complexity index is 195. The third kappa shape index (κ3) is 3.64. The normalized spacial score (nSPS) is 24.0. The maximum atomic E-state index is 11.3. The zero-order valence-electron chi connectivity index (χ0n) is 8.99. The fraction of sp³-hybridized carbons (Fsp3) is 0.900. The van der Waals surface area contributed by atoms with E-state index in [-0.39, 0.29) is 18.6 Å². The van der Waals surface area contributed by atoms with Gasteiger partial charge in [-0.15, -0.1) is 0 Å². The van der Waals surface area contributed by atoms with Crippen LogP contribution >= 0.6 is 0 Å². The molecule has 82 valence electrons. The molecule has 0 aromatic rings. The molecule has 14 heavy (non-hydrogen) atoms. The van der Waals surface area contributed by atoms with Gasteiger partial charge in [0, 0.05) is 19.1 Å². The van der Waals surface area contributed by atoms with Crippen molar-refractivity contribution < 1.29 is 9.90 Å². The number of hydrogen-bond acceptors (Lipinski definition) is 3. The van der Waals surface area contributed by atoms with Crippen molar-refractivity contribution in [3.63, 3.8) is 0 Å². The highest BCUT2D eigenvalue weighted by molar-refractivity contribution is 5.79. The topological polar surface area (TPSA) is 52.6 Å². The Morgan fingerprint density at radius 3 is 2.93 bits per heavy atom. The van der Waals surface area contributed by atoms with E-state index in [0.29, 0.717) is 19.0 Å². The molecule has 0 aromatic heterocycles. The maximum absolute atomic E-state index is 11.3. The lowest BCUT2D eigenvalue weighted by Gasteiger charge is -2.33. The molecule has 0 aromatic carbocycles. The molecule has 0 radical (unpaired) electrons. The minimum atomic E-state index is 0.0790. The van der Waals surface area contributed by atoms with Gasteiger partial charge in [0.05, 0.1) is 13.2 Å². The Morgan fingerprint density at radius 1 is 1.64 bits per heavy atom. The van der Waals surface area contributed by atoms with Crippen molar-refractivity contribution in [1.82, 2.24) is 10.2 Å². The predicted octanol–water partition coefficient (Wildman–Crippen LogP) is -0.175. The molecule has 4 nitrogen and oxygen atoms in total. The summed E-state index contributed by atoms with van der Waals surface area (Å²) in [5.41, 5.74) is 0. The molecule has 0 saturated carbocycles. The number of β-amino-alcohol motifs (C(OH)–C–C–N with tert-alkyl or cyclic N) is 1. The molecule has 1 aliphatic rings. The van der Waals surface area contributed by atoms with Crippen LogP contribution in [-0.2, 0) is 4.79 Å². The summed E-state index contributed by atoms with van der Waals surface area (Å²) in [6, 6.07) is 0.253. The van der Waals surface area contributed by atoms with Gasteiger partial charge in [0.1, 0.15) is 0 Å². The molecule has 2 N–H and O–H groups in total. The molecule has 4 heteroatoms. The van der Waals surface area contributed by atoms with Crippen molar-refractivity contribution in [2.24, 2.45) is 5.92 Å². The van der Waals surface area contributed by atoms with Crippen LogP contribution in [0.3, 0.4) is 0 Å². The van der Waals surface area contributed by atoms with E-state index in [1.54, 1.807) is 0 Å². The largest absolute Gasteiger partial charge is 0.395 e. The highest BCUT2D eigenvalue weighted by atomic mass is 16.3. The monoisotopic (exact) mass is 200 g/mol. The number of aliphatic hydroxyl groups is 1. The molecule has 1 heterocycles. The second-order valence-electron chi connectivity index (χ2n) is 4.35. The lowest BCUT2D eigenvalue weighted by atomic mass is 10.0. The lowest BCUT2D eigenvalue weighted by Crippen LogP contribution is -2.54. The van der Waals surface area contributed by atoms with Gasteiger partial charge < -0.3 is 10.4 Å². The molecular weight excluding hydrogens is 180 g/mol. The van der Waals surface area contributed by atoms with Gasteiger partial charge in [-0.25, -0.2) is 0 Å². The molecule has 1 aliphatic heterocycles. The van der Waals surface area contributed by atoms with E-state index in [9.17, 15) is 4.79 Å². The first kappa shape index (κ1) is 11.5. The third-order valence-electron chi connectivity index (χ3n) is 2.38. The van der Waals surface area contributed by atoms with Gasteiger partial charge >= 0.3 is 0 Å². The molecule has 1 fully saturated rings. The highest BCUT2D eigenvalue weighted by Crippen LogP contribution is 2.09. The number of hydrogen-bond donors (Lipinski definition) is 2. The predicted molar refractivity (Wildman–Crippen MR) is 54.9 cm³/mol. The maximum Gasteiger partial charge on any atom is 0.234 e. The van der Waals surface area contributed by atoms with Crippen LogP contribution in [0.2, 0.25) is 0 Å². The van der Waals surface area contributed by atoms with Gasteiger partial charge in [0.25, 0.3) is 0 Å². The number of piperazine rings is 1. The van der Waals surface area contributed by atoms with E-state index >= 15 is 0 Å². The molecule has 1 saturated heterocycles. The van der Waals surface area contributed by atoms with Crippen LogP contribution in [-0.4, -0.2) is 48.2 Å². The van der Waals surface area contributed by atoms with E-state index < -0.39 is 0 Å². The third-order valence-corrected chi connectivity index (χ3v) is 2.38. The second-order valence-corrected chi connectivity index (χ2v) is 4.35. The summed E-state index contributed by atoms with van der Waals surface area (Å²) >= 11 is 0. The first-order chi connectivity index (χ1) is 6.61. The zero-order valence-corrected chi connectivity index (χ0v) is 8.99. The van der Waals surface area contributed by atoms with Crippen molar-refractivity contribution in [2.75, 3.05) is 26.2 Å². The minimum absolute atomic E-state index is 0.0790. The SMILES string of the molecule is CC(C)CC1CN(CCO)CC(=O)N1. The number of carbonyl (C=O) groups is 1. The van der Waals surface area contributed by atoms with E-state index in [2.05, 4.69) is 19.2 Å². The van der Waals surface area contributed by atoms with Gasteiger partial charge in [-0.3, -0.25) is 9.69 Å². The van der Waals surface area contributed by atoms with Gasteiger partial charge in [-0.1, -0.05) is 13.8 Å². The van der Waals surface area contributed by atoms with Gasteiger partial charge in [-0.05, 0) is 12.3 Å². The van der Waals surface area contributed by atoms with Crippen molar-refractivity contribution in [3.05, 3.63) is 0 Å². The van der Waals surface area contributed by atoms with Crippen LogP contribution in [0.15, 0.2) is 0 Å². The molecule has 0 spiro atoms. The Kier molecular flexibility index (Phi) is 4.35. The quantitative estimate of drug-likeness (QED) is 0.662. The number of rotatable bonds is 4. The minimum Gasteiger partial charge on any atom is -0.395 e. The van der Waals surface area contributed by atoms with Gasteiger partial charge in [-0.2, -0.15) is 0 Å². The van der Waals surface area contributed by atoms with Gasteiger partial charge in [0.15, 0.2) is 0 Å². The Morgan fingerprint density at radius 2 is 2.36 bits per heavy atom. The second kappa shape index (κ2) is 5.32. The number of aliphatic hydroxyl groups excluding tert-OH is 1. The van der Waals surface area contributed by atoms with Crippen LogP contribution in [0.5, 0.6) is 0 Å². The Labute approximate surface area is 85.3 Å². The summed E-state index contributed by atoms with van der Waals surface area (Å²) < 4.78 is 0. The summed E-state index contributed by atoms with van der Waals surface area (Å²) in [6.45, 7) is 6.32. The number of nitrogens with zero attached hydrogens (tertiary/aromatic N) is 1. The van der Waals surface area contributed by atoms with E-state index in [4.69, 9.17) is 5.11 Å². The van der Waals surface area contributed by atoms with E-state index in [0.717, 1.165) is 13.0 Å². The number of carbonyl (C=O) groups excluding carboxylic acids is 1. The van der Waals surface area contributed by atoms with E-state index in [1.807, 2.05) is 4.90 Å². The molecular formula is C10H20N2O2. The summed E-state index contributed by atoms with van der Waals surface area (Å²) in [5, 5.41) is 11.8. The first-order valence-corrected chi connectivity index (χ1v) is 5.24. The summed E-state index contributed by atoms with van der Waals surface area (Å²) in [6.07, 6.45) is 1.01. The molecule has 0 aliphatic carbocycles. The average Bonchev–Trinajstić information content (AvgIpc) is 2.01. The van der Waals surface area contributed by atoms with Crippen LogP contribution in [0.4, 0.5) is 0 Å². The summed E-state index contributed by atoms with van der Waals surface area (Å²) in [7, 11) is 0. The number of amides is 1. The standard InChI is InChI=1S/C10H20N2O2/c1-8(2)5-9-6-12(3-4-13)7-10(14)11-9/h8-9,13H,3-7H2,1-2H3,(H,11,14). The van der Waals surface area contributed by atoms with Crippen LogP contribution in [0.1, 0.15) is 20.3 Å². The molecule has 0 bridgehead atoms. The molecule has 1 rings (SSSR count). The van der Waals surface area contributed by atoms with Crippen LogP contribution in [0.25, 0.3) is 0 Å². The van der Waals surface area contributed by atoms with Crippen molar-refractivity contribution in [3.8, 4) is 0 Å². The molecule has 1 amide bonds. The average molecular weight is 200 g/mol. The number of nitrogens with one attached hydrogen (secondary N) is 1. The summed E-state index contributed by atoms with van der Waals surface area (Å²) in [4.78, 5) is 13.3. The molecule has 1 atom stereocenters. The summed E-state index contributed by atoms with van der Waals surface area (Å²) in [5.74, 6) is 0.671. The van der Waals surface area contributed by atoms with Crippen molar-refractivity contribution >= 4 is 5.91 Å². The van der Waals surface area contributed by atoms with Crippen LogP contribution < -0.4 is 5.32 Å². The highest BCUT2D eigenvalue weighted by Gasteiger charge is 2.24. The van der Waals surface area contributed by atoms with Gasteiger partial charge in [0.2, 0.25) is 5.91 Å². The van der Waals surface area contributed by atoms with Crippen LogP contribution in [0, 0.1) is 5.92 Å². The van der Waals surface area contributed by atoms with Crippen molar-refractivity contribution in [1.29, 1.82) is 0 Å². The van der Waals surface area contributed by atoms with Crippen molar-refractivity contribution in [2.45, 2.75) is 26.3 Å².